The quantitative estimate of drug-likeness (QED) is 0.848. The number of hydrogen-bond acceptors (Lipinski definition) is 4. The summed E-state index contributed by atoms with van der Waals surface area (Å²) >= 11 is 0. The summed E-state index contributed by atoms with van der Waals surface area (Å²) in [5.41, 5.74) is 2.07. The lowest BCUT2D eigenvalue weighted by Gasteiger charge is -2.13. The van der Waals surface area contributed by atoms with Crippen molar-refractivity contribution in [2.75, 3.05) is 7.11 Å². The number of hydrogen-bond donors (Lipinski definition) is 1. The number of benzene rings is 1. The van der Waals surface area contributed by atoms with Gasteiger partial charge in [0.15, 0.2) is 0 Å². The molecule has 1 aromatic heterocycles. The molecule has 0 spiro atoms. The highest BCUT2D eigenvalue weighted by Crippen LogP contribution is 2.27. The Morgan fingerprint density at radius 2 is 2.19 bits per heavy atom. The zero-order valence-corrected chi connectivity index (χ0v) is 12.5. The predicted octanol–water partition coefficient (Wildman–Crippen LogP) is 2.26. The highest BCUT2D eigenvalue weighted by molar-refractivity contribution is 5.40. The van der Waals surface area contributed by atoms with E-state index in [1.165, 1.54) is 12.8 Å². The van der Waals surface area contributed by atoms with Crippen LogP contribution in [0.3, 0.4) is 0 Å². The van der Waals surface area contributed by atoms with Crippen molar-refractivity contribution in [3.63, 3.8) is 0 Å². The van der Waals surface area contributed by atoms with Crippen LogP contribution in [0.5, 0.6) is 11.5 Å². The Bertz CT molecular complexity index is 605. The van der Waals surface area contributed by atoms with Gasteiger partial charge in [0, 0.05) is 37.5 Å². The Morgan fingerprint density at radius 3 is 2.86 bits per heavy atom. The summed E-state index contributed by atoms with van der Waals surface area (Å²) in [6.07, 6.45) is 4.47. The van der Waals surface area contributed by atoms with Gasteiger partial charge in [0.1, 0.15) is 18.1 Å². The minimum Gasteiger partial charge on any atom is -0.497 e. The molecular formula is C16H21N3O2. The van der Waals surface area contributed by atoms with E-state index in [2.05, 4.69) is 16.5 Å². The third kappa shape index (κ3) is 3.76. The van der Waals surface area contributed by atoms with Gasteiger partial charge >= 0.3 is 0 Å². The number of rotatable bonds is 7. The molecule has 1 heterocycles. The average Bonchev–Trinajstić information content (AvgIpc) is 3.24. The number of nitrogens with one attached hydrogen (secondary N) is 1. The number of aromatic nitrogens is 2. The van der Waals surface area contributed by atoms with Crippen LogP contribution in [0.4, 0.5) is 0 Å². The minimum atomic E-state index is 0.463. The average molecular weight is 287 g/mol. The largest absolute Gasteiger partial charge is 0.497 e. The molecule has 1 aromatic carbocycles. The molecule has 0 aliphatic heterocycles. The van der Waals surface area contributed by atoms with Crippen LogP contribution in [0.25, 0.3) is 0 Å². The maximum absolute atomic E-state index is 5.94. The molecule has 112 valence electrons. The lowest BCUT2D eigenvalue weighted by Crippen LogP contribution is -2.16. The van der Waals surface area contributed by atoms with Crippen molar-refractivity contribution < 1.29 is 9.47 Å². The van der Waals surface area contributed by atoms with Crippen LogP contribution in [0, 0.1) is 0 Å². The highest BCUT2D eigenvalue weighted by atomic mass is 16.5. The van der Waals surface area contributed by atoms with Gasteiger partial charge in [-0.2, -0.15) is 5.10 Å². The molecule has 21 heavy (non-hydrogen) atoms. The SMILES string of the molecule is COc1ccc(CNC2CC2)c(OCc2ccn(C)n2)c1. The Balaban J connectivity index is 1.69. The molecule has 0 atom stereocenters. The molecule has 5 nitrogen and oxygen atoms in total. The number of nitrogens with zero attached hydrogens (tertiary/aromatic N) is 2. The van der Waals surface area contributed by atoms with Gasteiger partial charge in [-0.15, -0.1) is 0 Å². The zero-order valence-electron chi connectivity index (χ0n) is 12.5. The molecule has 1 saturated carbocycles. The van der Waals surface area contributed by atoms with Gasteiger partial charge < -0.3 is 14.8 Å². The lowest BCUT2D eigenvalue weighted by molar-refractivity contribution is 0.293. The Kier molecular flexibility index (Phi) is 4.10. The molecule has 0 radical (unpaired) electrons. The van der Waals surface area contributed by atoms with E-state index in [0.29, 0.717) is 12.6 Å². The second-order valence-corrected chi connectivity index (χ2v) is 5.40. The molecule has 1 fully saturated rings. The summed E-state index contributed by atoms with van der Waals surface area (Å²) in [5, 5.41) is 7.84. The third-order valence-corrected chi connectivity index (χ3v) is 3.58. The van der Waals surface area contributed by atoms with Crippen LogP contribution >= 0.6 is 0 Å². The molecule has 2 aromatic rings. The first-order chi connectivity index (χ1) is 10.2. The minimum absolute atomic E-state index is 0.463. The van der Waals surface area contributed by atoms with E-state index >= 15 is 0 Å². The second-order valence-electron chi connectivity index (χ2n) is 5.40. The number of methoxy groups -OCH3 is 1. The van der Waals surface area contributed by atoms with Gasteiger partial charge in [-0.3, -0.25) is 4.68 Å². The molecule has 3 rings (SSSR count). The van der Waals surface area contributed by atoms with Gasteiger partial charge in [-0.25, -0.2) is 0 Å². The van der Waals surface area contributed by atoms with E-state index in [-0.39, 0.29) is 0 Å². The summed E-state index contributed by atoms with van der Waals surface area (Å²) in [7, 11) is 3.57. The Hall–Kier alpha value is -2.01. The highest BCUT2D eigenvalue weighted by Gasteiger charge is 2.20. The van der Waals surface area contributed by atoms with Crippen molar-refractivity contribution in [2.45, 2.75) is 32.0 Å². The van der Waals surface area contributed by atoms with Crippen molar-refractivity contribution in [1.29, 1.82) is 0 Å². The van der Waals surface area contributed by atoms with E-state index < -0.39 is 0 Å². The monoisotopic (exact) mass is 287 g/mol. The number of aryl methyl sites for hydroxylation is 1. The zero-order chi connectivity index (χ0) is 14.7. The summed E-state index contributed by atoms with van der Waals surface area (Å²) in [6.45, 7) is 1.29. The van der Waals surface area contributed by atoms with E-state index in [4.69, 9.17) is 9.47 Å². The van der Waals surface area contributed by atoms with Crippen LogP contribution in [-0.4, -0.2) is 22.9 Å². The van der Waals surface area contributed by atoms with Gasteiger partial charge in [-0.1, -0.05) is 6.07 Å². The molecule has 5 heteroatoms. The molecule has 0 bridgehead atoms. The topological polar surface area (TPSA) is 48.3 Å². The van der Waals surface area contributed by atoms with E-state index in [1.54, 1.807) is 11.8 Å². The fourth-order valence-corrected chi connectivity index (χ4v) is 2.18. The third-order valence-electron chi connectivity index (χ3n) is 3.58. The molecule has 0 amide bonds. The fraction of sp³-hybridized carbons (Fsp3) is 0.438. The van der Waals surface area contributed by atoms with Gasteiger partial charge in [-0.05, 0) is 25.0 Å². The summed E-state index contributed by atoms with van der Waals surface area (Å²) in [4.78, 5) is 0. The van der Waals surface area contributed by atoms with E-state index in [0.717, 1.165) is 29.3 Å². The molecule has 1 aliphatic rings. The maximum atomic E-state index is 5.94. The predicted molar refractivity (Wildman–Crippen MR) is 80.4 cm³/mol. The van der Waals surface area contributed by atoms with E-state index in [9.17, 15) is 0 Å². The summed E-state index contributed by atoms with van der Waals surface area (Å²) in [6, 6.07) is 8.60. The maximum Gasteiger partial charge on any atom is 0.132 e. The van der Waals surface area contributed by atoms with Gasteiger partial charge in [0.2, 0.25) is 0 Å². The first-order valence-corrected chi connectivity index (χ1v) is 7.26. The van der Waals surface area contributed by atoms with Crippen LogP contribution in [0.2, 0.25) is 0 Å². The van der Waals surface area contributed by atoms with E-state index in [1.807, 2.05) is 31.4 Å². The Labute approximate surface area is 124 Å². The van der Waals surface area contributed by atoms with Crippen molar-refractivity contribution in [3.8, 4) is 11.5 Å². The van der Waals surface area contributed by atoms with Crippen molar-refractivity contribution in [1.82, 2.24) is 15.1 Å². The molecule has 1 N–H and O–H groups in total. The lowest BCUT2D eigenvalue weighted by atomic mass is 10.2. The Morgan fingerprint density at radius 1 is 1.33 bits per heavy atom. The fourth-order valence-electron chi connectivity index (χ4n) is 2.18. The second kappa shape index (κ2) is 6.18. The molecule has 1 aliphatic carbocycles. The molecule has 0 saturated heterocycles. The molecule has 0 unspecified atom stereocenters. The smallest absolute Gasteiger partial charge is 0.132 e. The normalized spacial score (nSPS) is 14.2. The standard InChI is InChI=1S/C16H21N3O2/c1-19-8-7-14(18-19)11-21-16-9-15(20-2)6-3-12(16)10-17-13-4-5-13/h3,6-9,13,17H,4-5,10-11H2,1-2H3. The van der Waals surface area contributed by atoms with Crippen molar-refractivity contribution >= 4 is 0 Å². The first-order valence-electron chi connectivity index (χ1n) is 7.26. The first kappa shape index (κ1) is 13.9. The number of ether oxygens (including phenoxy) is 2. The summed E-state index contributed by atoms with van der Waals surface area (Å²) in [5.74, 6) is 1.66. The van der Waals surface area contributed by atoms with Crippen molar-refractivity contribution in [3.05, 3.63) is 41.7 Å². The van der Waals surface area contributed by atoms with Crippen LogP contribution < -0.4 is 14.8 Å². The molecular weight excluding hydrogens is 266 g/mol. The summed E-state index contributed by atoms with van der Waals surface area (Å²) < 4.78 is 13.0. The van der Waals surface area contributed by atoms with Gasteiger partial charge in [0.05, 0.1) is 12.8 Å². The van der Waals surface area contributed by atoms with Gasteiger partial charge in [0.25, 0.3) is 0 Å². The van der Waals surface area contributed by atoms with Crippen LogP contribution in [-0.2, 0) is 20.2 Å². The van der Waals surface area contributed by atoms with Crippen LogP contribution in [0.1, 0.15) is 24.1 Å². The van der Waals surface area contributed by atoms with Crippen molar-refractivity contribution in [2.24, 2.45) is 7.05 Å². The van der Waals surface area contributed by atoms with Crippen LogP contribution in [0.15, 0.2) is 30.5 Å².